The Kier molecular flexibility index (Phi) is 6.05. The van der Waals surface area contributed by atoms with Gasteiger partial charge in [-0.1, -0.05) is 32.1 Å². The summed E-state index contributed by atoms with van der Waals surface area (Å²) >= 11 is 1.17. The van der Waals surface area contributed by atoms with Crippen LogP contribution in [0.2, 0.25) is 0 Å². The minimum atomic E-state index is -4.88. The van der Waals surface area contributed by atoms with Crippen LogP contribution in [0.5, 0.6) is 0 Å². The Bertz CT molecular complexity index is 773. The molecule has 1 saturated carbocycles. The van der Waals surface area contributed by atoms with E-state index in [2.05, 4.69) is 4.98 Å². The van der Waals surface area contributed by atoms with Crippen molar-refractivity contribution in [2.75, 3.05) is 0 Å². The fourth-order valence-electron chi connectivity index (χ4n) is 3.58. The van der Waals surface area contributed by atoms with Crippen LogP contribution in [0.1, 0.15) is 60.7 Å². The van der Waals surface area contributed by atoms with Crippen molar-refractivity contribution in [3.05, 3.63) is 39.7 Å². The third-order valence-corrected chi connectivity index (χ3v) is 6.01. The van der Waals surface area contributed by atoms with Crippen LogP contribution < -0.4 is 5.73 Å². The molecule has 154 valence electrons. The number of aromatic nitrogens is 1. The van der Waals surface area contributed by atoms with E-state index in [0.717, 1.165) is 32.1 Å². The summed E-state index contributed by atoms with van der Waals surface area (Å²) in [5, 5.41) is 2.00. The van der Waals surface area contributed by atoms with Gasteiger partial charge in [0.1, 0.15) is 5.01 Å². The maximum absolute atomic E-state index is 13.0. The van der Waals surface area contributed by atoms with Crippen molar-refractivity contribution in [1.29, 1.82) is 0 Å². The second kappa shape index (κ2) is 8.02. The number of benzene rings is 1. The van der Waals surface area contributed by atoms with Gasteiger partial charge < -0.3 is 5.73 Å². The van der Waals surface area contributed by atoms with Crippen molar-refractivity contribution >= 4 is 11.3 Å². The molecule has 0 spiro atoms. The van der Waals surface area contributed by atoms with E-state index in [1.165, 1.54) is 23.1 Å². The van der Waals surface area contributed by atoms with Gasteiger partial charge in [0.15, 0.2) is 0 Å². The molecule has 1 fully saturated rings. The van der Waals surface area contributed by atoms with Crippen LogP contribution >= 0.6 is 11.3 Å². The molecule has 3 rings (SSSR count). The first-order valence-corrected chi connectivity index (χ1v) is 9.93. The summed E-state index contributed by atoms with van der Waals surface area (Å²) in [6.07, 6.45) is -3.33. The number of nitrogens with zero attached hydrogens (tertiary/aromatic N) is 1. The zero-order valence-corrected chi connectivity index (χ0v) is 15.7. The number of nitrogens with two attached hydrogens (primary N) is 1. The Hall–Kier alpha value is -1.61. The molecule has 0 saturated heterocycles. The number of hydrogen-bond donors (Lipinski definition) is 1. The number of halogens is 6. The lowest BCUT2D eigenvalue weighted by molar-refractivity contribution is -0.143. The zero-order valence-electron chi connectivity index (χ0n) is 14.9. The molecule has 1 heterocycles. The molecular weight excluding hydrogens is 402 g/mol. The molecule has 9 heteroatoms. The Balaban J connectivity index is 1.87. The molecule has 28 heavy (non-hydrogen) atoms. The summed E-state index contributed by atoms with van der Waals surface area (Å²) in [6.45, 7) is 0. The molecule has 0 aliphatic heterocycles. The summed E-state index contributed by atoms with van der Waals surface area (Å²) in [6, 6.07) is 1.14. The van der Waals surface area contributed by atoms with Crippen LogP contribution in [-0.4, -0.2) is 4.98 Å². The number of hydrogen-bond acceptors (Lipinski definition) is 3. The van der Waals surface area contributed by atoms with E-state index in [-0.39, 0.29) is 23.4 Å². The number of alkyl halides is 6. The van der Waals surface area contributed by atoms with Crippen LogP contribution in [0.15, 0.2) is 23.6 Å². The van der Waals surface area contributed by atoms with Gasteiger partial charge in [0.25, 0.3) is 0 Å². The molecular formula is C19H20F6N2S. The Labute approximate surface area is 162 Å². The van der Waals surface area contributed by atoms with Crippen LogP contribution in [0, 0.1) is 5.92 Å². The topological polar surface area (TPSA) is 38.9 Å². The highest BCUT2D eigenvalue weighted by Crippen LogP contribution is 2.39. The van der Waals surface area contributed by atoms with Crippen LogP contribution in [0.3, 0.4) is 0 Å². The molecule has 1 atom stereocenters. The van der Waals surface area contributed by atoms with Crippen LogP contribution in [0.4, 0.5) is 26.3 Å². The average molecular weight is 422 g/mol. The molecule has 0 amide bonds. The highest BCUT2D eigenvalue weighted by molar-refractivity contribution is 7.10. The van der Waals surface area contributed by atoms with E-state index in [1.54, 1.807) is 0 Å². The molecule has 1 aliphatic rings. The number of rotatable bonds is 4. The van der Waals surface area contributed by atoms with Gasteiger partial charge in [-0.15, -0.1) is 11.3 Å². The van der Waals surface area contributed by atoms with Crippen molar-refractivity contribution < 1.29 is 26.3 Å². The van der Waals surface area contributed by atoms with E-state index in [1.807, 2.05) is 0 Å². The molecule has 2 nitrogen and oxygen atoms in total. The summed E-state index contributed by atoms with van der Waals surface area (Å²) in [4.78, 5) is 4.25. The first-order valence-electron chi connectivity index (χ1n) is 9.05. The largest absolute Gasteiger partial charge is 0.416 e. The second-order valence-electron chi connectivity index (χ2n) is 7.21. The molecule has 1 aromatic heterocycles. The maximum Gasteiger partial charge on any atom is 0.416 e. The highest BCUT2D eigenvalue weighted by Gasteiger charge is 2.37. The van der Waals surface area contributed by atoms with E-state index in [9.17, 15) is 26.3 Å². The maximum atomic E-state index is 13.0. The second-order valence-corrected chi connectivity index (χ2v) is 8.10. The predicted octanol–water partition coefficient (Wildman–Crippen LogP) is 6.82. The molecule has 1 unspecified atom stereocenters. The standard InChI is InChI=1S/C19H20F6N2S/c20-18(21,22)13-7-12(8-14(9-13)19(23,24)25)16-10-28-17(27-16)15(26)6-11-4-2-1-3-5-11/h7-11,15H,1-6,26H2. The fourth-order valence-corrected chi connectivity index (χ4v) is 4.42. The average Bonchev–Trinajstić information content (AvgIpc) is 3.11. The van der Waals surface area contributed by atoms with Crippen molar-refractivity contribution in [1.82, 2.24) is 4.98 Å². The first-order chi connectivity index (χ1) is 13.0. The van der Waals surface area contributed by atoms with Crippen molar-refractivity contribution in [3.8, 4) is 11.3 Å². The van der Waals surface area contributed by atoms with Gasteiger partial charge >= 0.3 is 12.4 Å². The van der Waals surface area contributed by atoms with Gasteiger partial charge in [-0.25, -0.2) is 4.98 Å². The quantitative estimate of drug-likeness (QED) is 0.549. The molecule has 1 aromatic carbocycles. The minimum absolute atomic E-state index is 0.0793. The Morgan fingerprint density at radius 3 is 2.07 bits per heavy atom. The first kappa shape index (κ1) is 21.1. The lowest BCUT2D eigenvalue weighted by Gasteiger charge is -2.23. The lowest BCUT2D eigenvalue weighted by Crippen LogP contribution is -2.17. The van der Waals surface area contributed by atoms with E-state index in [0.29, 0.717) is 23.1 Å². The van der Waals surface area contributed by atoms with Crippen molar-refractivity contribution in [3.63, 3.8) is 0 Å². The fraction of sp³-hybridized carbons (Fsp3) is 0.526. The smallest absolute Gasteiger partial charge is 0.322 e. The molecule has 2 N–H and O–H groups in total. The summed E-state index contributed by atoms with van der Waals surface area (Å²) in [5.74, 6) is 0.487. The van der Waals surface area contributed by atoms with Gasteiger partial charge in [0, 0.05) is 10.9 Å². The van der Waals surface area contributed by atoms with Gasteiger partial charge in [0.2, 0.25) is 0 Å². The van der Waals surface area contributed by atoms with E-state index in [4.69, 9.17) is 5.73 Å². The van der Waals surface area contributed by atoms with E-state index >= 15 is 0 Å². The van der Waals surface area contributed by atoms with Crippen molar-refractivity contribution in [2.24, 2.45) is 11.7 Å². The third kappa shape index (κ3) is 5.05. The summed E-state index contributed by atoms with van der Waals surface area (Å²) in [7, 11) is 0. The van der Waals surface area contributed by atoms with Gasteiger partial charge in [-0.05, 0) is 30.5 Å². The minimum Gasteiger partial charge on any atom is -0.322 e. The Morgan fingerprint density at radius 2 is 1.54 bits per heavy atom. The third-order valence-electron chi connectivity index (χ3n) is 5.03. The van der Waals surface area contributed by atoms with Gasteiger partial charge in [0.05, 0.1) is 22.9 Å². The predicted molar refractivity (Wildman–Crippen MR) is 95.7 cm³/mol. The van der Waals surface area contributed by atoms with Gasteiger partial charge in [-0.2, -0.15) is 26.3 Å². The SMILES string of the molecule is NC(CC1CCCCC1)c1nc(-c2cc(C(F)(F)F)cc(C(F)(F)F)c2)cs1. The van der Waals surface area contributed by atoms with Gasteiger partial charge in [-0.3, -0.25) is 0 Å². The lowest BCUT2D eigenvalue weighted by atomic mass is 9.85. The summed E-state index contributed by atoms with van der Waals surface area (Å²) < 4.78 is 78.2. The van der Waals surface area contributed by atoms with Crippen molar-refractivity contribution in [2.45, 2.75) is 56.9 Å². The Morgan fingerprint density at radius 1 is 0.964 bits per heavy atom. The van der Waals surface area contributed by atoms with Crippen LogP contribution in [0.25, 0.3) is 11.3 Å². The number of thiazole rings is 1. The normalized spacial score (nSPS) is 17.7. The summed E-state index contributed by atoms with van der Waals surface area (Å²) in [5.41, 5.74) is 3.37. The molecule has 2 aromatic rings. The zero-order chi connectivity index (χ0) is 20.5. The highest BCUT2D eigenvalue weighted by atomic mass is 32.1. The van der Waals surface area contributed by atoms with E-state index < -0.39 is 23.5 Å². The van der Waals surface area contributed by atoms with Crippen LogP contribution in [-0.2, 0) is 12.4 Å². The molecule has 1 aliphatic carbocycles. The molecule has 0 radical (unpaired) electrons. The molecule has 0 bridgehead atoms. The monoisotopic (exact) mass is 422 g/mol.